The van der Waals surface area contributed by atoms with Crippen LogP contribution in [0, 0.1) is 12.8 Å². The lowest BCUT2D eigenvalue weighted by molar-refractivity contribution is -0.000746. The molecule has 1 aliphatic carbocycles. The minimum atomic E-state index is -0.614. The van der Waals surface area contributed by atoms with Crippen molar-refractivity contribution in [1.82, 2.24) is 4.98 Å². The Labute approximate surface area is 129 Å². The molecule has 1 aliphatic rings. The molecule has 114 valence electrons. The molecule has 1 fully saturated rings. The molecule has 21 heavy (non-hydrogen) atoms. The molecule has 0 saturated heterocycles. The normalized spacial score (nSPS) is 26.1. The Kier molecular flexibility index (Phi) is 3.80. The predicted octanol–water partition coefficient (Wildman–Crippen LogP) is 3.54. The van der Waals surface area contributed by atoms with Crippen LogP contribution in [0.15, 0.2) is 12.1 Å². The van der Waals surface area contributed by atoms with Gasteiger partial charge in [0.05, 0.1) is 32.2 Å². The average Bonchev–Trinajstić information content (AvgIpc) is 2.75. The van der Waals surface area contributed by atoms with E-state index in [4.69, 9.17) is 5.73 Å². The molecule has 0 aliphatic heterocycles. The summed E-state index contributed by atoms with van der Waals surface area (Å²) >= 11 is 1.65. The number of nitrogens with one attached hydrogen (secondary N) is 1. The Morgan fingerprint density at radius 1 is 1.52 bits per heavy atom. The first-order chi connectivity index (χ1) is 9.95. The van der Waals surface area contributed by atoms with Crippen LogP contribution >= 0.6 is 11.3 Å². The molecule has 2 atom stereocenters. The van der Waals surface area contributed by atoms with E-state index in [1.807, 2.05) is 19.1 Å². The standard InChI is InChI=1S/C16H23N3OS/c1-10-4-3-5-16(20,8-10)9-18-13-7-14-15(6-12(13)17)21-11(2)19-14/h6-7,10,18,20H,3-5,8-9,17H2,1-2H3. The molecule has 0 amide bonds. The van der Waals surface area contributed by atoms with Crippen molar-refractivity contribution in [2.24, 2.45) is 5.92 Å². The van der Waals surface area contributed by atoms with Crippen LogP contribution in [0.4, 0.5) is 11.4 Å². The van der Waals surface area contributed by atoms with Crippen LogP contribution < -0.4 is 11.1 Å². The van der Waals surface area contributed by atoms with E-state index in [9.17, 15) is 5.11 Å². The highest BCUT2D eigenvalue weighted by molar-refractivity contribution is 7.18. The van der Waals surface area contributed by atoms with Crippen molar-refractivity contribution in [3.05, 3.63) is 17.1 Å². The molecule has 0 spiro atoms. The molecule has 0 radical (unpaired) electrons. The van der Waals surface area contributed by atoms with Crippen LogP contribution in [0.5, 0.6) is 0 Å². The Morgan fingerprint density at radius 3 is 3.10 bits per heavy atom. The predicted molar refractivity (Wildman–Crippen MR) is 89.8 cm³/mol. The van der Waals surface area contributed by atoms with Crippen LogP contribution in [-0.4, -0.2) is 22.2 Å². The number of fused-ring (bicyclic) bond motifs is 1. The number of nitrogen functional groups attached to an aromatic ring is 1. The number of nitrogens with zero attached hydrogens (tertiary/aromatic N) is 1. The third kappa shape index (κ3) is 3.14. The Bertz CT molecular complexity index is 654. The molecule has 1 aromatic heterocycles. The monoisotopic (exact) mass is 305 g/mol. The van der Waals surface area contributed by atoms with Crippen molar-refractivity contribution in [3.63, 3.8) is 0 Å². The fraction of sp³-hybridized carbons (Fsp3) is 0.562. The van der Waals surface area contributed by atoms with Gasteiger partial charge in [-0.15, -0.1) is 11.3 Å². The van der Waals surface area contributed by atoms with Gasteiger partial charge in [-0.1, -0.05) is 19.8 Å². The van der Waals surface area contributed by atoms with Crippen LogP contribution in [0.3, 0.4) is 0 Å². The summed E-state index contributed by atoms with van der Waals surface area (Å²) in [5, 5.41) is 15.1. The topological polar surface area (TPSA) is 71.2 Å². The maximum Gasteiger partial charge on any atom is 0.0907 e. The quantitative estimate of drug-likeness (QED) is 0.759. The second-order valence-corrected chi connectivity index (χ2v) is 7.65. The van der Waals surface area contributed by atoms with Gasteiger partial charge in [0.15, 0.2) is 0 Å². The highest BCUT2D eigenvalue weighted by Crippen LogP contribution is 2.34. The average molecular weight is 305 g/mol. The molecular formula is C16H23N3OS. The van der Waals surface area contributed by atoms with Gasteiger partial charge in [0.1, 0.15) is 0 Å². The van der Waals surface area contributed by atoms with Gasteiger partial charge < -0.3 is 16.2 Å². The minimum absolute atomic E-state index is 0.552. The van der Waals surface area contributed by atoms with Crippen molar-refractivity contribution < 1.29 is 5.11 Å². The first-order valence-electron chi connectivity index (χ1n) is 7.58. The molecule has 4 N–H and O–H groups in total. The SMILES string of the molecule is Cc1nc2cc(NCC3(O)CCCC(C)C3)c(N)cc2s1. The van der Waals surface area contributed by atoms with Gasteiger partial charge in [-0.2, -0.15) is 0 Å². The third-order valence-corrected chi connectivity index (χ3v) is 5.28. The van der Waals surface area contributed by atoms with Crippen LogP contribution in [0.25, 0.3) is 10.2 Å². The van der Waals surface area contributed by atoms with E-state index in [0.717, 1.165) is 45.9 Å². The van der Waals surface area contributed by atoms with Crippen molar-refractivity contribution in [2.75, 3.05) is 17.6 Å². The third-order valence-electron chi connectivity index (χ3n) is 4.34. The minimum Gasteiger partial charge on any atom is -0.397 e. The van der Waals surface area contributed by atoms with Gasteiger partial charge in [-0.05, 0) is 37.8 Å². The summed E-state index contributed by atoms with van der Waals surface area (Å²) in [5.41, 5.74) is 8.07. The molecule has 4 nitrogen and oxygen atoms in total. The maximum absolute atomic E-state index is 10.7. The van der Waals surface area contributed by atoms with E-state index in [2.05, 4.69) is 17.2 Å². The van der Waals surface area contributed by atoms with E-state index in [0.29, 0.717) is 12.5 Å². The number of aliphatic hydroxyl groups is 1. The van der Waals surface area contributed by atoms with E-state index in [1.54, 1.807) is 11.3 Å². The molecule has 1 saturated carbocycles. The number of aryl methyl sites for hydroxylation is 1. The first kappa shape index (κ1) is 14.6. The van der Waals surface area contributed by atoms with E-state index >= 15 is 0 Å². The van der Waals surface area contributed by atoms with E-state index < -0.39 is 5.60 Å². The number of rotatable bonds is 3. The maximum atomic E-state index is 10.7. The molecule has 3 rings (SSSR count). The summed E-state index contributed by atoms with van der Waals surface area (Å²) in [7, 11) is 0. The van der Waals surface area contributed by atoms with Crippen LogP contribution in [0.2, 0.25) is 0 Å². The Hall–Kier alpha value is -1.33. The highest BCUT2D eigenvalue weighted by atomic mass is 32.1. The highest BCUT2D eigenvalue weighted by Gasteiger charge is 2.32. The zero-order valence-electron chi connectivity index (χ0n) is 12.6. The summed E-state index contributed by atoms with van der Waals surface area (Å²) in [5.74, 6) is 0.589. The lowest BCUT2D eigenvalue weighted by Crippen LogP contribution is -2.41. The van der Waals surface area contributed by atoms with Crippen molar-refractivity contribution in [1.29, 1.82) is 0 Å². The van der Waals surface area contributed by atoms with Gasteiger partial charge in [0, 0.05) is 6.54 Å². The number of hydrogen-bond donors (Lipinski definition) is 3. The first-order valence-corrected chi connectivity index (χ1v) is 8.40. The number of anilines is 2. The molecule has 1 heterocycles. The van der Waals surface area contributed by atoms with E-state index in [-0.39, 0.29) is 0 Å². The Balaban J connectivity index is 1.76. The zero-order valence-corrected chi connectivity index (χ0v) is 13.5. The van der Waals surface area contributed by atoms with Gasteiger partial charge in [-0.3, -0.25) is 0 Å². The summed E-state index contributed by atoms with van der Waals surface area (Å²) in [6.45, 7) is 4.76. The van der Waals surface area contributed by atoms with Gasteiger partial charge in [0.25, 0.3) is 0 Å². The summed E-state index contributed by atoms with van der Waals surface area (Å²) in [6.07, 6.45) is 4.04. The molecule has 2 unspecified atom stereocenters. The lowest BCUT2D eigenvalue weighted by Gasteiger charge is -2.36. The Morgan fingerprint density at radius 2 is 2.33 bits per heavy atom. The van der Waals surface area contributed by atoms with Gasteiger partial charge in [0.2, 0.25) is 0 Å². The molecule has 0 bridgehead atoms. The molecule has 1 aromatic carbocycles. The number of aromatic nitrogens is 1. The number of thiazole rings is 1. The molecule has 2 aromatic rings. The fourth-order valence-electron chi connectivity index (χ4n) is 3.31. The van der Waals surface area contributed by atoms with Gasteiger partial charge >= 0.3 is 0 Å². The number of hydrogen-bond acceptors (Lipinski definition) is 5. The van der Waals surface area contributed by atoms with Crippen LogP contribution in [0.1, 0.15) is 37.6 Å². The number of nitrogens with two attached hydrogens (primary N) is 1. The van der Waals surface area contributed by atoms with Crippen molar-refractivity contribution in [2.45, 2.75) is 45.1 Å². The molecular weight excluding hydrogens is 282 g/mol. The fourth-order valence-corrected chi connectivity index (χ4v) is 4.17. The number of benzene rings is 1. The zero-order chi connectivity index (χ0) is 15.0. The second-order valence-electron chi connectivity index (χ2n) is 6.42. The van der Waals surface area contributed by atoms with Gasteiger partial charge in [-0.25, -0.2) is 4.98 Å². The van der Waals surface area contributed by atoms with Crippen molar-refractivity contribution in [3.8, 4) is 0 Å². The van der Waals surface area contributed by atoms with Crippen LogP contribution in [-0.2, 0) is 0 Å². The summed E-state index contributed by atoms with van der Waals surface area (Å²) in [6, 6.07) is 3.96. The summed E-state index contributed by atoms with van der Waals surface area (Å²) < 4.78 is 1.11. The second kappa shape index (κ2) is 5.46. The largest absolute Gasteiger partial charge is 0.397 e. The molecule has 5 heteroatoms. The summed E-state index contributed by atoms with van der Waals surface area (Å²) in [4.78, 5) is 4.50. The van der Waals surface area contributed by atoms with Crippen molar-refractivity contribution >= 4 is 32.9 Å². The smallest absolute Gasteiger partial charge is 0.0907 e. The lowest BCUT2D eigenvalue weighted by atomic mass is 9.79. The van der Waals surface area contributed by atoms with E-state index in [1.165, 1.54) is 6.42 Å².